The van der Waals surface area contributed by atoms with Crippen molar-refractivity contribution in [1.82, 2.24) is 19.6 Å². The van der Waals surface area contributed by atoms with Crippen LogP contribution in [0.1, 0.15) is 5.69 Å². The van der Waals surface area contributed by atoms with Crippen LogP contribution < -0.4 is 0 Å². The van der Waals surface area contributed by atoms with Crippen LogP contribution in [0.5, 0.6) is 0 Å². The van der Waals surface area contributed by atoms with E-state index in [1.165, 1.54) is 0 Å². The van der Waals surface area contributed by atoms with Gasteiger partial charge in [-0.2, -0.15) is 5.10 Å². The molecule has 0 radical (unpaired) electrons. The van der Waals surface area contributed by atoms with Crippen molar-refractivity contribution >= 4 is 5.65 Å². The molecule has 0 fully saturated rings. The molecular weight excluding hydrogens is 200 g/mol. The topological polar surface area (TPSA) is 43.1 Å². The van der Waals surface area contributed by atoms with Gasteiger partial charge >= 0.3 is 0 Å². The van der Waals surface area contributed by atoms with Crippen molar-refractivity contribution in [3.8, 4) is 11.3 Å². The second-order valence-corrected chi connectivity index (χ2v) is 3.61. The normalized spacial score (nSPS) is 10.8. The number of fused-ring (bicyclic) bond motifs is 1. The summed E-state index contributed by atoms with van der Waals surface area (Å²) < 4.78 is 1.75. The molecule has 0 N–H and O–H groups in total. The molecule has 0 spiro atoms. The Bertz CT molecular complexity index is 628. The van der Waals surface area contributed by atoms with Gasteiger partial charge in [-0.15, -0.1) is 0 Å². The molecular formula is C12H10N4. The minimum atomic E-state index is 0.805. The fraction of sp³-hybridized carbons (Fsp3) is 0.0833. The van der Waals surface area contributed by atoms with Gasteiger partial charge in [0.05, 0.1) is 17.6 Å². The highest BCUT2D eigenvalue weighted by Crippen LogP contribution is 2.17. The van der Waals surface area contributed by atoms with E-state index in [1.54, 1.807) is 10.8 Å². The van der Waals surface area contributed by atoms with Crippen molar-refractivity contribution in [2.75, 3.05) is 0 Å². The van der Waals surface area contributed by atoms with Gasteiger partial charge in [0.2, 0.25) is 0 Å². The molecule has 0 amide bonds. The highest BCUT2D eigenvalue weighted by Gasteiger charge is 2.05. The number of aromatic nitrogens is 4. The Labute approximate surface area is 92.6 Å². The van der Waals surface area contributed by atoms with Crippen LogP contribution in [0.15, 0.2) is 42.9 Å². The molecule has 0 aliphatic heterocycles. The molecule has 0 saturated heterocycles. The monoisotopic (exact) mass is 210 g/mol. The molecule has 4 heteroatoms. The summed E-state index contributed by atoms with van der Waals surface area (Å²) >= 11 is 0. The minimum Gasteiger partial charge on any atom is -0.248 e. The third-order valence-electron chi connectivity index (χ3n) is 2.50. The van der Waals surface area contributed by atoms with Gasteiger partial charge in [0.1, 0.15) is 6.33 Å². The second-order valence-electron chi connectivity index (χ2n) is 3.61. The Morgan fingerprint density at radius 1 is 1.12 bits per heavy atom. The van der Waals surface area contributed by atoms with E-state index in [-0.39, 0.29) is 0 Å². The minimum absolute atomic E-state index is 0.805. The maximum absolute atomic E-state index is 4.52. The summed E-state index contributed by atoms with van der Waals surface area (Å²) in [5.41, 5.74) is 3.69. The lowest BCUT2D eigenvalue weighted by Gasteiger charge is -2.03. The Morgan fingerprint density at radius 3 is 2.75 bits per heavy atom. The Kier molecular flexibility index (Phi) is 1.93. The standard InChI is InChI=1S/C12H10N4/c1-9-12-13-8-14-16(12)7-11(15-9)10-5-3-2-4-6-10/h2-8H,1H3. The maximum atomic E-state index is 4.52. The van der Waals surface area contributed by atoms with E-state index >= 15 is 0 Å². The average Bonchev–Trinajstić information content (AvgIpc) is 2.79. The van der Waals surface area contributed by atoms with E-state index in [2.05, 4.69) is 15.1 Å². The molecule has 0 aliphatic carbocycles. The van der Waals surface area contributed by atoms with E-state index < -0.39 is 0 Å². The summed E-state index contributed by atoms with van der Waals surface area (Å²) in [6.45, 7) is 1.94. The van der Waals surface area contributed by atoms with Crippen LogP contribution in [0.25, 0.3) is 16.9 Å². The van der Waals surface area contributed by atoms with Gasteiger partial charge in [0, 0.05) is 5.56 Å². The van der Waals surface area contributed by atoms with Gasteiger partial charge in [-0.25, -0.2) is 14.5 Å². The third-order valence-corrected chi connectivity index (χ3v) is 2.50. The first-order valence-electron chi connectivity index (χ1n) is 5.07. The van der Waals surface area contributed by atoms with Crippen molar-refractivity contribution in [3.63, 3.8) is 0 Å². The molecule has 0 saturated carbocycles. The molecule has 1 aromatic carbocycles. The van der Waals surface area contributed by atoms with Crippen LogP contribution >= 0.6 is 0 Å². The van der Waals surface area contributed by atoms with Crippen molar-refractivity contribution in [3.05, 3.63) is 48.5 Å². The SMILES string of the molecule is Cc1nc(-c2ccccc2)cn2ncnc12. The molecule has 3 rings (SSSR count). The summed E-state index contributed by atoms with van der Waals surface area (Å²) in [6, 6.07) is 10.1. The number of rotatable bonds is 1. The zero-order valence-electron chi connectivity index (χ0n) is 8.83. The maximum Gasteiger partial charge on any atom is 0.176 e. The van der Waals surface area contributed by atoms with Crippen LogP contribution in [0, 0.1) is 6.92 Å². The molecule has 0 aliphatic rings. The summed E-state index contributed by atoms with van der Waals surface area (Å²) in [5, 5.41) is 4.13. The molecule has 4 nitrogen and oxygen atoms in total. The number of benzene rings is 1. The van der Waals surface area contributed by atoms with E-state index in [4.69, 9.17) is 0 Å². The highest BCUT2D eigenvalue weighted by atomic mass is 15.3. The molecule has 0 unspecified atom stereocenters. The van der Waals surface area contributed by atoms with E-state index in [0.717, 1.165) is 22.6 Å². The summed E-state index contributed by atoms with van der Waals surface area (Å²) in [7, 11) is 0. The quantitative estimate of drug-likeness (QED) is 0.617. The largest absolute Gasteiger partial charge is 0.248 e. The Balaban J connectivity index is 2.25. The predicted octanol–water partition coefficient (Wildman–Crippen LogP) is 2.10. The Morgan fingerprint density at radius 2 is 1.94 bits per heavy atom. The van der Waals surface area contributed by atoms with Crippen LogP contribution in [0.3, 0.4) is 0 Å². The number of nitrogens with zero attached hydrogens (tertiary/aromatic N) is 4. The van der Waals surface area contributed by atoms with Gasteiger partial charge in [-0.05, 0) is 6.92 Å². The summed E-state index contributed by atoms with van der Waals surface area (Å²) in [6.07, 6.45) is 3.43. The van der Waals surface area contributed by atoms with Crippen molar-refractivity contribution in [2.45, 2.75) is 6.92 Å². The summed E-state index contributed by atoms with van der Waals surface area (Å²) in [4.78, 5) is 8.66. The molecule has 78 valence electrons. The molecule has 3 aromatic rings. The van der Waals surface area contributed by atoms with Crippen LogP contribution in [0.2, 0.25) is 0 Å². The zero-order chi connectivity index (χ0) is 11.0. The zero-order valence-corrected chi connectivity index (χ0v) is 8.83. The van der Waals surface area contributed by atoms with Crippen molar-refractivity contribution < 1.29 is 0 Å². The molecule has 0 bridgehead atoms. The Hall–Kier alpha value is -2.23. The number of aryl methyl sites for hydroxylation is 1. The van der Waals surface area contributed by atoms with E-state index in [0.29, 0.717) is 0 Å². The second kappa shape index (κ2) is 3.41. The van der Waals surface area contributed by atoms with Gasteiger partial charge < -0.3 is 0 Å². The number of hydrogen-bond acceptors (Lipinski definition) is 3. The third kappa shape index (κ3) is 1.35. The van der Waals surface area contributed by atoms with Crippen LogP contribution in [-0.4, -0.2) is 19.6 Å². The van der Waals surface area contributed by atoms with E-state index in [1.807, 2.05) is 43.5 Å². The molecule has 2 heterocycles. The lowest BCUT2D eigenvalue weighted by Crippen LogP contribution is -1.96. The van der Waals surface area contributed by atoms with Crippen LogP contribution in [0.4, 0.5) is 0 Å². The smallest absolute Gasteiger partial charge is 0.176 e. The first-order valence-corrected chi connectivity index (χ1v) is 5.07. The average molecular weight is 210 g/mol. The molecule has 2 aromatic heterocycles. The fourth-order valence-electron chi connectivity index (χ4n) is 1.73. The van der Waals surface area contributed by atoms with Gasteiger partial charge in [0.25, 0.3) is 0 Å². The van der Waals surface area contributed by atoms with Gasteiger partial charge in [-0.1, -0.05) is 30.3 Å². The van der Waals surface area contributed by atoms with E-state index in [9.17, 15) is 0 Å². The van der Waals surface area contributed by atoms with Gasteiger partial charge in [0.15, 0.2) is 5.65 Å². The number of hydrogen-bond donors (Lipinski definition) is 0. The first-order chi connectivity index (χ1) is 7.84. The lowest BCUT2D eigenvalue weighted by molar-refractivity contribution is 0.937. The van der Waals surface area contributed by atoms with Crippen LogP contribution in [-0.2, 0) is 0 Å². The predicted molar refractivity (Wildman–Crippen MR) is 61.0 cm³/mol. The molecule has 16 heavy (non-hydrogen) atoms. The lowest BCUT2D eigenvalue weighted by atomic mass is 10.2. The first kappa shape index (κ1) is 9.03. The summed E-state index contributed by atoms with van der Waals surface area (Å²) in [5.74, 6) is 0. The fourth-order valence-corrected chi connectivity index (χ4v) is 1.73. The van der Waals surface area contributed by atoms with Crippen molar-refractivity contribution in [2.24, 2.45) is 0 Å². The van der Waals surface area contributed by atoms with Gasteiger partial charge in [-0.3, -0.25) is 0 Å². The van der Waals surface area contributed by atoms with Crippen molar-refractivity contribution in [1.29, 1.82) is 0 Å². The molecule has 0 atom stereocenters. The highest BCUT2D eigenvalue weighted by molar-refractivity contribution is 5.60.